The summed E-state index contributed by atoms with van der Waals surface area (Å²) in [4.78, 5) is 12.4. The number of anilines is 1. The molecule has 0 fully saturated rings. The number of rotatable bonds is 3. The van der Waals surface area contributed by atoms with Crippen molar-refractivity contribution < 1.29 is 18.0 Å². The summed E-state index contributed by atoms with van der Waals surface area (Å²) in [5.41, 5.74) is 0.0189. The first kappa shape index (κ1) is 14.5. The maximum Gasteiger partial charge on any atom is 0.228 e. The Labute approximate surface area is 119 Å². The Morgan fingerprint density at radius 1 is 1.05 bits per heavy atom. The van der Waals surface area contributed by atoms with E-state index < -0.39 is 29.0 Å². The SMILES string of the molecule is O=C(Cc1ccc(S)cc1)Nc1c(F)cc(F)cc1F. The molecule has 0 unspecified atom stereocenters. The first-order valence-electron chi connectivity index (χ1n) is 5.68. The van der Waals surface area contributed by atoms with Crippen LogP contribution in [0.5, 0.6) is 0 Å². The monoisotopic (exact) mass is 297 g/mol. The molecular formula is C14H10F3NOS. The van der Waals surface area contributed by atoms with E-state index in [1.165, 1.54) is 0 Å². The number of amides is 1. The molecule has 0 aromatic heterocycles. The largest absolute Gasteiger partial charge is 0.321 e. The predicted molar refractivity (Wildman–Crippen MR) is 72.3 cm³/mol. The minimum atomic E-state index is -1.15. The number of carbonyl (C=O) groups is 1. The van der Waals surface area contributed by atoms with Crippen LogP contribution in [0.15, 0.2) is 41.3 Å². The average Bonchev–Trinajstić information content (AvgIpc) is 2.36. The van der Waals surface area contributed by atoms with Gasteiger partial charge in [0.15, 0.2) is 11.6 Å². The minimum Gasteiger partial charge on any atom is -0.321 e. The third-order valence-electron chi connectivity index (χ3n) is 2.57. The Morgan fingerprint density at radius 3 is 2.15 bits per heavy atom. The Balaban J connectivity index is 2.10. The van der Waals surface area contributed by atoms with Crippen molar-refractivity contribution in [2.75, 3.05) is 5.32 Å². The fraction of sp³-hybridized carbons (Fsp3) is 0.0714. The summed E-state index contributed by atoms with van der Waals surface area (Å²) in [6.45, 7) is 0. The van der Waals surface area contributed by atoms with Crippen molar-refractivity contribution in [1.29, 1.82) is 0 Å². The third-order valence-corrected chi connectivity index (χ3v) is 2.87. The van der Waals surface area contributed by atoms with E-state index in [-0.39, 0.29) is 6.42 Å². The zero-order valence-corrected chi connectivity index (χ0v) is 11.1. The van der Waals surface area contributed by atoms with Gasteiger partial charge in [-0.15, -0.1) is 12.6 Å². The molecule has 0 heterocycles. The molecule has 0 saturated heterocycles. The lowest BCUT2D eigenvalue weighted by Gasteiger charge is -2.08. The Hall–Kier alpha value is -1.95. The summed E-state index contributed by atoms with van der Waals surface area (Å²) in [5.74, 6) is -3.94. The van der Waals surface area contributed by atoms with Gasteiger partial charge < -0.3 is 5.32 Å². The zero-order valence-electron chi connectivity index (χ0n) is 10.2. The maximum absolute atomic E-state index is 13.4. The molecule has 2 aromatic carbocycles. The van der Waals surface area contributed by atoms with E-state index in [1.54, 1.807) is 24.3 Å². The van der Waals surface area contributed by atoms with Gasteiger partial charge in [0.25, 0.3) is 0 Å². The predicted octanol–water partition coefficient (Wildman–Crippen LogP) is 3.57. The molecule has 0 aliphatic heterocycles. The molecule has 104 valence electrons. The third kappa shape index (κ3) is 3.54. The maximum atomic E-state index is 13.4. The van der Waals surface area contributed by atoms with E-state index >= 15 is 0 Å². The zero-order chi connectivity index (χ0) is 14.7. The van der Waals surface area contributed by atoms with Gasteiger partial charge in [0.05, 0.1) is 6.42 Å². The van der Waals surface area contributed by atoms with Crippen LogP contribution in [-0.2, 0) is 11.2 Å². The smallest absolute Gasteiger partial charge is 0.228 e. The van der Waals surface area contributed by atoms with Crippen LogP contribution in [0, 0.1) is 17.5 Å². The topological polar surface area (TPSA) is 29.1 Å². The second-order valence-corrected chi connectivity index (χ2v) is 4.65. The van der Waals surface area contributed by atoms with Crippen LogP contribution in [-0.4, -0.2) is 5.91 Å². The second-order valence-electron chi connectivity index (χ2n) is 4.14. The Kier molecular flexibility index (Phi) is 4.34. The summed E-state index contributed by atoms with van der Waals surface area (Å²) in [5, 5.41) is 2.09. The van der Waals surface area contributed by atoms with Crippen LogP contribution in [0.2, 0.25) is 0 Å². The fourth-order valence-electron chi connectivity index (χ4n) is 1.64. The van der Waals surface area contributed by atoms with E-state index in [0.717, 1.165) is 4.90 Å². The number of carbonyl (C=O) groups excluding carboxylic acids is 1. The molecule has 0 radical (unpaired) electrons. The van der Waals surface area contributed by atoms with E-state index in [1.807, 2.05) is 0 Å². The van der Waals surface area contributed by atoms with Crippen LogP contribution >= 0.6 is 12.6 Å². The first-order chi connectivity index (χ1) is 9.45. The summed E-state index contributed by atoms with van der Waals surface area (Å²) in [6.07, 6.45) is -0.0513. The van der Waals surface area contributed by atoms with E-state index in [9.17, 15) is 18.0 Å². The molecule has 2 nitrogen and oxygen atoms in total. The lowest BCUT2D eigenvalue weighted by molar-refractivity contribution is -0.115. The van der Waals surface area contributed by atoms with Gasteiger partial charge >= 0.3 is 0 Å². The van der Waals surface area contributed by atoms with Gasteiger partial charge in [-0.05, 0) is 17.7 Å². The highest BCUT2D eigenvalue weighted by Crippen LogP contribution is 2.20. The number of hydrogen-bond donors (Lipinski definition) is 2. The number of hydrogen-bond acceptors (Lipinski definition) is 2. The van der Waals surface area contributed by atoms with Crippen LogP contribution in [0.3, 0.4) is 0 Å². The van der Waals surface area contributed by atoms with Crippen molar-refractivity contribution in [1.82, 2.24) is 0 Å². The molecule has 0 atom stereocenters. The summed E-state index contributed by atoms with van der Waals surface area (Å²) >= 11 is 4.10. The van der Waals surface area contributed by atoms with Crippen molar-refractivity contribution in [3.8, 4) is 0 Å². The van der Waals surface area contributed by atoms with Crippen molar-refractivity contribution in [3.05, 3.63) is 59.4 Å². The molecule has 2 aromatic rings. The van der Waals surface area contributed by atoms with Crippen LogP contribution in [0.4, 0.5) is 18.9 Å². The number of halogens is 3. The van der Waals surface area contributed by atoms with Crippen molar-refractivity contribution >= 4 is 24.2 Å². The molecule has 2 rings (SSSR count). The van der Waals surface area contributed by atoms with Crippen LogP contribution < -0.4 is 5.32 Å². The molecule has 0 aliphatic carbocycles. The summed E-state index contributed by atoms with van der Waals surface area (Å²) < 4.78 is 39.4. The van der Waals surface area contributed by atoms with Crippen molar-refractivity contribution in [3.63, 3.8) is 0 Å². The minimum absolute atomic E-state index is 0.0513. The molecular weight excluding hydrogens is 287 g/mol. The Bertz CT molecular complexity index is 620. The average molecular weight is 297 g/mol. The van der Waals surface area contributed by atoms with Gasteiger partial charge in [0.1, 0.15) is 11.5 Å². The molecule has 1 N–H and O–H groups in total. The molecule has 20 heavy (non-hydrogen) atoms. The number of thiol groups is 1. The second kappa shape index (κ2) is 6.00. The van der Waals surface area contributed by atoms with E-state index in [2.05, 4.69) is 17.9 Å². The molecule has 0 bridgehead atoms. The van der Waals surface area contributed by atoms with E-state index in [0.29, 0.717) is 17.7 Å². The highest BCUT2D eigenvalue weighted by molar-refractivity contribution is 7.80. The quantitative estimate of drug-likeness (QED) is 0.833. The highest BCUT2D eigenvalue weighted by Gasteiger charge is 2.14. The van der Waals surface area contributed by atoms with Crippen molar-refractivity contribution in [2.24, 2.45) is 0 Å². The lowest BCUT2D eigenvalue weighted by atomic mass is 10.1. The normalized spacial score (nSPS) is 10.4. The molecule has 0 aliphatic rings. The van der Waals surface area contributed by atoms with Gasteiger partial charge in [-0.3, -0.25) is 4.79 Å². The van der Waals surface area contributed by atoms with E-state index in [4.69, 9.17) is 0 Å². The molecule has 6 heteroatoms. The summed E-state index contributed by atoms with van der Waals surface area (Å²) in [6, 6.07) is 7.77. The molecule has 0 saturated carbocycles. The number of benzene rings is 2. The van der Waals surface area contributed by atoms with Crippen molar-refractivity contribution in [2.45, 2.75) is 11.3 Å². The van der Waals surface area contributed by atoms with Gasteiger partial charge in [-0.1, -0.05) is 12.1 Å². The summed E-state index contributed by atoms with van der Waals surface area (Å²) in [7, 11) is 0. The van der Waals surface area contributed by atoms with Gasteiger partial charge in [0.2, 0.25) is 5.91 Å². The molecule has 0 spiro atoms. The van der Waals surface area contributed by atoms with Gasteiger partial charge in [0, 0.05) is 17.0 Å². The fourth-order valence-corrected chi connectivity index (χ4v) is 1.79. The first-order valence-corrected chi connectivity index (χ1v) is 6.13. The standard InChI is InChI=1S/C14H10F3NOS/c15-9-6-11(16)14(12(17)7-9)18-13(19)5-8-1-3-10(20)4-2-8/h1-4,6-7,20H,5H2,(H,18,19). The number of nitrogens with one attached hydrogen (secondary N) is 1. The lowest BCUT2D eigenvalue weighted by Crippen LogP contribution is -2.16. The molecule has 1 amide bonds. The van der Waals surface area contributed by atoms with Gasteiger partial charge in [-0.25, -0.2) is 13.2 Å². The Morgan fingerprint density at radius 2 is 1.60 bits per heavy atom. The van der Waals surface area contributed by atoms with Gasteiger partial charge in [-0.2, -0.15) is 0 Å². The van der Waals surface area contributed by atoms with Crippen LogP contribution in [0.1, 0.15) is 5.56 Å². The highest BCUT2D eigenvalue weighted by atomic mass is 32.1. The van der Waals surface area contributed by atoms with Crippen LogP contribution in [0.25, 0.3) is 0 Å².